The summed E-state index contributed by atoms with van der Waals surface area (Å²) in [7, 11) is 0. The third-order valence-corrected chi connectivity index (χ3v) is 2.91. The molecule has 94 valence electrons. The number of benzene rings is 1. The molecule has 0 atom stereocenters. The highest BCUT2D eigenvalue weighted by Gasteiger charge is 2.13. The fourth-order valence-electron chi connectivity index (χ4n) is 1.24. The number of hydrogen-bond donors (Lipinski definition) is 1. The molecule has 4 nitrogen and oxygen atoms in total. The van der Waals surface area contributed by atoms with Crippen molar-refractivity contribution in [3.8, 4) is 11.6 Å². The molecule has 1 aromatic carbocycles. The SMILES string of the molecule is Cc1ncnc(Oc2cc(Cl)c(Cl)cc2N)c1F. The van der Waals surface area contributed by atoms with Crippen LogP contribution in [0, 0.1) is 12.7 Å². The molecule has 1 heterocycles. The maximum Gasteiger partial charge on any atom is 0.259 e. The molecule has 2 rings (SSSR count). The molecule has 2 aromatic rings. The van der Waals surface area contributed by atoms with Gasteiger partial charge in [0.2, 0.25) is 5.82 Å². The fraction of sp³-hybridized carbons (Fsp3) is 0.0909. The molecule has 18 heavy (non-hydrogen) atoms. The van der Waals surface area contributed by atoms with Crippen LogP contribution in [0.25, 0.3) is 0 Å². The molecule has 1 aromatic heterocycles. The van der Waals surface area contributed by atoms with Crippen LogP contribution in [0.1, 0.15) is 5.69 Å². The van der Waals surface area contributed by atoms with E-state index in [0.29, 0.717) is 5.02 Å². The average Bonchev–Trinajstić information content (AvgIpc) is 2.32. The number of nitrogen functional groups attached to an aromatic ring is 1. The van der Waals surface area contributed by atoms with Gasteiger partial charge in [0.15, 0.2) is 5.75 Å². The molecule has 0 aliphatic heterocycles. The molecule has 0 unspecified atom stereocenters. The molecule has 0 aliphatic rings. The van der Waals surface area contributed by atoms with Gasteiger partial charge in [0.1, 0.15) is 6.33 Å². The van der Waals surface area contributed by atoms with Crippen LogP contribution in [0.2, 0.25) is 10.0 Å². The number of anilines is 1. The van der Waals surface area contributed by atoms with E-state index in [2.05, 4.69) is 9.97 Å². The van der Waals surface area contributed by atoms with Crippen LogP contribution in [-0.2, 0) is 0 Å². The molecule has 0 spiro atoms. The first-order chi connectivity index (χ1) is 8.49. The van der Waals surface area contributed by atoms with E-state index in [9.17, 15) is 4.39 Å². The van der Waals surface area contributed by atoms with Crippen LogP contribution >= 0.6 is 23.2 Å². The topological polar surface area (TPSA) is 61.0 Å². The van der Waals surface area contributed by atoms with Gasteiger partial charge in [-0.15, -0.1) is 0 Å². The largest absolute Gasteiger partial charge is 0.434 e. The Hall–Kier alpha value is -1.59. The third kappa shape index (κ3) is 2.47. The number of aryl methyl sites for hydroxylation is 1. The van der Waals surface area contributed by atoms with E-state index in [0.717, 1.165) is 0 Å². The van der Waals surface area contributed by atoms with Crippen LogP contribution in [0.15, 0.2) is 18.5 Å². The lowest BCUT2D eigenvalue weighted by atomic mass is 10.3. The summed E-state index contributed by atoms with van der Waals surface area (Å²) >= 11 is 11.6. The van der Waals surface area contributed by atoms with Crippen molar-refractivity contribution < 1.29 is 9.13 Å². The maximum atomic E-state index is 13.6. The van der Waals surface area contributed by atoms with E-state index in [1.807, 2.05) is 0 Å². The summed E-state index contributed by atoms with van der Waals surface area (Å²) < 4.78 is 18.9. The van der Waals surface area contributed by atoms with Crippen LogP contribution in [0.3, 0.4) is 0 Å². The van der Waals surface area contributed by atoms with Crippen LogP contribution < -0.4 is 10.5 Å². The Labute approximate surface area is 113 Å². The summed E-state index contributed by atoms with van der Waals surface area (Å²) in [6.07, 6.45) is 1.20. The molecule has 0 fully saturated rings. The fourth-order valence-corrected chi connectivity index (χ4v) is 1.57. The summed E-state index contributed by atoms with van der Waals surface area (Å²) in [5.41, 5.74) is 6.11. The summed E-state index contributed by atoms with van der Waals surface area (Å²) in [4.78, 5) is 7.38. The van der Waals surface area contributed by atoms with Gasteiger partial charge in [0.25, 0.3) is 5.88 Å². The van der Waals surface area contributed by atoms with Crippen molar-refractivity contribution in [1.29, 1.82) is 0 Å². The monoisotopic (exact) mass is 287 g/mol. The van der Waals surface area contributed by atoms with Crippen LogP contribution in [0.5, 0.6) is 11.6 Å². The number of rotatable bonds is 2. The van der Waals surface area contributed by atoms with E-state index < -0.39 is 5.82 Å². The molecular weight excluding hydrogens is 280 g/mol. The molecule has 2 N–H and O–H groups in total. The molecule has 0 aliphatic carbocycles. The van der Waals surface area contributed by atoms with Crippen molar-refractivity contribution in [3.63, 3.8) is 0 Å². The average molecular weight is 288 g/mol. The molecule has 7 heteroatoms. The minimum absolute atomic E-state index is 0.179. The Morgan fingerprint density at radius 2 is 1.89 bits per heavy atom. The Morgan fingerprint density at radius 3 is 2.61 bits per heavy atom. The second-order valence-corrected chi connectivity index (χ2v) is 4.30. The minimum Gasteiger partial charge on any atom is -0.434 e. The lowest BCUT2D eigenvalue weighted by molar-refractivity contribution is 0.418. The van der Waals surface area contributed by atoms with Crippen molar-refractivity contribution >= 4 is 28.9 Å². The second kappa shape index (κ2) is 4.96. The zero-order valence-corrected chi connectivity index (χ0v) is 10.8. The lowest BCUT2D eigenvalue weighted by Gasteiger charge is -2.09. The smallest absolute Gasteiger partial charge is 0.259 e. The summed E-state index contributed by atoms with van der Waals surface area (Å²) in [5.74, 6) is -0.683. The van der Waals surface area contributed by atoms with Gasteiger partial charge in [0, 0.05) is 6.07 Å². The van der Waals surface area contributed by atoms with Crippen molar-refractivity contribution in [3.05, 3.63) is 40.0 Å². The normalized spacial score (nSPS) is 10.4. The first kappa shape index (κ1) is 12.9. The Morgan fingerprint density at radius 1 is 1.22 bits per heavy atom. The van der Waals surface area contributed by atoms with Crippen molar-refractivity contribution in [2.45, 2.75) is 6.92 Å². The summed E-state index contributed by atoms with van der Waals surface area (Å²) in [5, 5.41) is 0.549. The van der Waals surface area contributed by atoms with Crippen LogP contribution in [-0.4, -0.2) is 9.97 Å². The van der Waals surface area contributed by atoms with Gasteiger partial charge in [0.05, 0.1) is 21.4 Å². The Balaban J connectivity index is 2.40. The predicted molar refractivity (Wildman–Crippen MR) is 67.7 cm³/mol. The molecule has 0 bridgehead atoms. The van der Waals surface area contributed by atoms with Gasteiger partial charge < -0.3 is 10.5 Å². The zero-order chi connectivity index (χ0) is 13.3. The number of aromatic nitrogens is 2. The zero-order valence-electron chi connectivity index (χ0n) is 9.25. The first-order valence-corrected chi connectivity index (χ1v) is 5.64. The van der Waals surface area contributed by atoms with Gasteiger partial charge in [-0.3, -0.25) is 0 Å². The summed E-state index contributed by atoms with van der Waals surface area (Å²) in [6.45, 7) is 1.50. The highest BCUT2D eigenvalue weighted by atomic mass is 35.5. The first-order valence-electron chi connectivity index (χ1n) is 4.88. The van der Waals surface area contributed by atoms with Crippen molar-refractivity contribution in [2.24, 2.45) is 0 Å². The van der Waals surface area contributed by atoms with E-state index in [4.69, 9.17) is 33.7 Å². The third-order valence-electron chi connectivity index (χ3n) is 2.19. The molecule has 0 saturated carbocycles. The summed E-state index contributed by atoms with van der Waals surface area (Å²) in [6, 6.07) is 2.82. The highest BCUT2D eigenvalue weighted by Crippen LogP contribution is 2.35. The Kier molecular flexibility index (Phi) is 3.54. The molecule has 0 saturated heterocycles. The standard InChI is InChI=1S/C11H8Cl2FN3O/c1-5-10(14)11(17-4-16-5)18-9-3-7(13)6(12)2-8(9)15/h2-4H,15H2,1H3. The number of halogens is 3. The molecule has 0 amide bonds. The lowest BCUT2D eigenvalue weighted by Crippen LogP contribution is -1.99. The van der Waals surface area contributed by atoms with Gasteiger partial charge in [-0.05, 0) is 13.0 Å². The maximum absolute atomic E-state index is 13.6. The quantitative estimate of drug-likeness (QED) is 0.857. The van der Waals surface area contributed by atoms with E-state index >= 15 is 0 Å². The minimum atomic E-state index is -0.650. The van der Waals surface area contributed by atoms with Crippen LogP contribution in [0.4, 0.5) is 10.1 Å². The van der Waals surface area contributed by atoms with Crippen molar-refractivity contribution in [1.82, 2.24) is 9.97 Å². The second-order valence-electron chi connectivity index (χ2n) is 3.48. The number of nitrogens with two attached hydrogens (primary N) is 1. The van der Waals surface area contributed by atoms with Gasteiger partial charge in [-0.2, -0.15) is 9.37 Å². The molecule has 0 radical (unpaired) electrons. The predicted octanol–water partition coefficient (Wildman–Crippen LogP) is 3.61. The number of nitrogens with zero attached hydrogens (tertiary/aromatic N) is 2. The van der Waals surface area contributed by atoms with Crippen molar-refractivity contribution in [2.75, 3.05) is 5.73 Å². The number of hydrogen-bond acceptors (Lipinski definition) is 4. The Bertz CT molecular complexity index is 607. The van der Waals surface area contributed by atoms with Gasteiger partial charge in [-0.25, -0.2) is 4.98 Å². The van der Waals surface area contributed by atoms with E-state index in [1.165, 1.54) is 25.4 Å². The molecular formula is C11H8Cl2FN3O. The highest BCUT2D eigenvalue weighted by molar-refractivity contribution is 6.42. The number of ether oxygens (including phenoxy) is 1. The van der Waals surface area contributed by atoms with E-state index in [-0.39, 0.29) is 28.0 Å². The van der Waals surface area contributed by atoms with Gasteiger partial charge in [-0.1, -0.05) is 23.2 Å². The van der Waals surface area contributed by atoms with Gasteiger partial charge >= 0.3 is 0 Å². The van der Waals surface area contributed by atoms with E-state index in [1.54, 1.807) is 0 Å².